The first kappa shape index (κ1) is 19.7. The van der Waals surface area contributed by atoms with Crippen LogP contribution >= 0.6 is 22.9 Å². The number of aromatic amines is 1. The van der Waals surface area contributed by atoms with Gasteiger partial charge in [0.15, 0.2) is 5.69 Å². The Labute approximate surface area is 178 Å². The van der Waals surface area contributed by atoms with Crippen LogP contribution in [0, 0.1) is 17.0 Å². The van der Waals surface area contributed by atoms with Crippen LogP contribution in [-0.2, 0) is 0 Å². The van der Waals surface area contributed by atoms with E-state index in [0.29, 0.717) is 32.8 Å². The third-order valence-electron chi connectivity index (χ3n) is 4.15. The Bertz CT molecular complexity index is 1340. The number of azo groups is 1. The molecule has 4 aromatic rings. The van der Waals surface area contributed by atoms with Crippen LogP contribution in [0.4, 0.5) is 17.1 Å². The van der Waals surface area contributed by atoms with Crippen molar-refractivity contribution < 1.29 is 4.92 Å². The highest BCUT2D eigenvalue weighted by molar-refractivity contribution is 7.12. The summed E-state index contributed by atoms with van der Waals surface area (Å²) in [5, 5.41) is 24.7. The highest BCUT2D eigenvalue weighted by atomic mass is 35.5. The summed E-state index contributed by atoms with van der Waals surface area (Å²) in [6, 6.07) is 13.0. The molecule has 0 unspecified atom stereocenters. The van der Waals surface area contributed by atoms with Gasteiger partial charge in [0.05, 0.1) is 22.0 Å². The van der Waals surface area contributed by atoms with Gasteiger partial charge in [0.2, 0.25) is 5.13 Å². The maximum Gasteiger partial charge on any atom is 0.301 e. The lowest BCUT2D eigenvalue weighted by atomic mass is 10.1. The number of nitro benzene ring substituents is 1. The minimum atomic E-state index is -0.465. The van der Waals surface area contributed by atoms with E-state index in [0.717, 1.165) is 0 Å². The molecule has 11 heteroatoms. The van der Waals surface area contributed by atoms with Crippen molar-refractivity contribution in [3.8, 4) is 16.4 Å². The number of aromatic nitrogens is 3. The Morgan fingerprint density at radius 2 is 2.00 bits per heavy atom. The molecule has 1 N–H and O–H groups in total. The molecular formula is C19H13ClN6O3S. The number of hydrogen-bond donors (Lipinski definition) is 1. The number of nitro groups is 1. The molecule has 30 heavy (non-hydrogen) atoms. The number of aryl methyl sites for hydroxylation is 1. The SMILES string of the molecule is Cc1[nH]n(-c2nc(-c3cccc([N+](=O)[O-])c3)cs2)c(=O)c1N=Nc1cccc(Cl)c1. The Kier molecular flexibility index (Phi) is 5.25. The van der Waals surface area contributed by atoms with Gasteiger partial charge in [-0.25, -0.2) is 4.98 Å². The third-order valence-corrected chi connectivity index (χ3v) is 5.21. The molecule has 2 heterocycles. The van der Waals surface area contributed by atoms with Crippen molar-refractivity contribution in [3.63, 3.8) is 0 Å². The third kappa shape index (κ3) is 3.91. The van der Waals surface area contributed by atoms with E-state index in [4.69, 9.17) is 11.6 Å². The lowest BCUT2D eigenvalue weighted by molar-refractivity contribution is -0.384. The van der Waals surface area contributed by atoms with E-state index in [9.17, 15) is 14.9 Å². The molecule has 2 aromatic carbocycles. The second kappa shape index (κ2) is 8.01. The van der Waals surface area contributed by atoms with Gasteiger partial charge in [-0.05, 0) is 25.1 Å². The van der Waals surface area contributed by atoms with Gasteiger partial charge in [-0.15, -0.1) is 16.5 Å². The summed E-state index contributed by atoms with van der Waals surface area (Å²) >= 11 is 7.16. The standard InChI is InChI=1S/C19H13ClN6O3S/c1-11-17(23-22-14-6-3-5-13(20)9-14)18(27)25(24-11)19-21-16(10-30-19)12-4-2-7-15(8-12)26(28)29/h2-10,24H,1H3. The van der Waals surface area contributed by atoms with Crippen LogP contribution in [-0.4, -0.2) is 19.7 Å². The zero-order chi connectivity index (χ0) is 21.3. The van der Waals surface area contributed by atoms with Crippen LogP contribution in [0.1, 0.15) is 5.69 Å². The van der Waals surface area contributed by atoms with Gasteiger partial charge < -0.3 is 0 Å². The predicted molar refractivity (Wildman–Crippen MR) is 115 cm³/mol. The molecule has 0 aliphatic rings. The van der Waals surface area contributed by atoms with E-state index in [1.54, 1.807) is 48.7 Å². The first-order valence-corrected chi connectivity index (χ1v) is 9.88. The Morgan fingerprint density at radius 3 is 2.77 bits per heavy atom. The van der Waals surface area contributed by atoms with Crippen LogP contribution in [0.5, 0.6) is 0 Å². The quantitative estimate of drug-likeness (QED) is 0.247. The molecule has 0 bridgehead atoms. The van der Waals surface area contributed by atoms with Crippen LogP contribution in [0.15, 0.2) is 68.9 Å². The fraction of sp³-hybridized carbons (Fsp3) is 0.0526. The first-order chi connectivity index (χ1) is 14.4. The highest BCUT2D eigenvalue weighted by Gasteiger charge is 2.16. The average molecular weight is 441 g/mol. The molecule has 0 saturated carbocycles. The Balaban J connectivity index is 1.66. The van der Waals surface area contributed by atoms with Crippen molar-refractivity contribution in [1.82, 2.24) is 14.8 Å². The Morgan fingerprint density at radius 1 is 1.20 bits per heavy atom. The van der Waals surface area contributed by atoms with E-state index >= 15 is 0 Å². The molecule has 2 aromatic heterocycles. The molecule has 0 amide bonds. The fourth-order valence-electron chi connectivity index (χ4n) is 2.71. The van der Waals surface area contributed by atoms with E-state index in [1.165, 1.54) is 28.2 Å². The summed E-state index contributed by atoms with van der Waals surface area (Å²) in [4.78, 5) is 27.8. The first-order valence-electron chi connectivity index (χ1n) is 8.62. The molecule has 0 atom stereocenters. The van der Waals surface area contributed by atoms with Crippen molar-refractivity contribution in [3.05, 3.63) is 85.1 Å². The minimum absolute atomic E-state index is 0.0290. The van der Waals surface area contributed by atoms with Gasteiger partial charge in [0.1, 0.15) is 0 Å². The molecule has 4 rings (SSSR count). The summed E-state index contributed by atoms with van der Waals surface area (Å²) in [5.41, 5.74) is 1.89. The average Bonchev–Trinajstić information content (AvgIpc) is 3.32. The normalized spacial score (nSPS) is 11.3. The molecule has 0 spiro atoms. The van der Waals surface area contributed by atoms with Gasteiger partial charge in [-0.3, -0.25) is 20.0 Å². The largest absolute Gasteiger partial charge is 0.301 e. The smallest absolute Gasteiger partial charge is 0.291 e. The molecule has 0 aliphatic carbocycles. The maximum absolute atomic E-state index is 12.8. The summed E-state index contributed by atoms with van der Waals surface area (Å²) < 4.78 is 1.27. The number of H-pyrrole nitrogens is 1. The van der Waals surface area contributed by atoms with Crippen molar-refractivity contribution in [2.45, 2.75) is 6.92 Å². The number of benzene rings is 2. The van der Waals surface area contributed by atoms with E-state index in [-0.39, 0.29) is 11.4 Å². The van der Waals surface area contributed by atoms with E-state index < -0.39 is 10.5 Å². The van der Waals surface area contributed by atoms with Crippen LogP contribution in [0.3, 0.4) is 0 Å². The molecule has 150 valence electrons. The molecule has 0 fully saturated rings. The van der Waals surface area contributed by atoms with Crippen molar-refractivity contribution in [2.75, 3.05) is 0 Å². The molecule has 0 saturated heterocycles. The van der Waals surface area contributed by atoms with Gasteiger partial charge in [0.25, 0.3) is 5.69 Å². The van der Waals surface area contributed by atoms with Gasteiger partial charge in [0, 0.05) is 28.1 Å². The van der Waals surface area contributed by atoms with Crippen molar-refractivity contribution in [1.29, 1.82) is 0 Å². The van der Waals surface area contributed by atoms with Crippen molar-refractivity contribution >= 4 is 40.0 Å². The number of thiazole rings is 1. The monoisotopic (exact) mass is 440 g/mol. The molecule has 9 nitrogen and oxygen atoms in total. The predicted octanol–water partition coefficient (Wildman–Crippen LogP) is 5.57. The summed E-state index contributed by atoms with van der Waals surface area (Å²) in [6.07, 6.45) is 0. The zero-order valence-electron chi connectivity index (χ0n) is 15.4. The van der Waals surface area contributed by atoms with Crippen molar-refractivity contribution in [2.24, 2.45) is 10.2 Å². The lowest BCUT2D eigenvalue weighted by Crippen LogP contribution is -2.13. The molecule has 0 radical (unpaired) electrons. The van der Waals surface area contributed by atoms with E-state index in [1.807, 2.05) is 0 Å². The van der Waals surface area contributed by atoms with Gasteiger partial charge >= 0.3 is 5.56 Å². The van der Waals surface area contributed by atoms with E-state index in [2.05, 4.69) is 20.3 Å². The van der Waals surface area contributed by atoms with Crippen LogP contribution in [0.2, 0.25) is 5.02 Å². The van der Waals surface area contributed by atoms with Gasteiger partial charge in [-0.2, -0.15) is 9.80 Å². The Hall–Kier alpha value is -3.63. The number of nitrogens with one attached hydrogen (secondary N) is 1. The maximum atomic E-state index is 12.8. The summed E-state index contributed by atoms with van der Waals surface area (Å²) in [6.45, 7) is 1.71. The van der Waals surface area contributed by atoms with Crippen LogP contribution < -0.4 is 5.56 Å². The number of halogens is 1. The van der Waals surface area contributed by atoms with Crippen LogP contribution in [0.25, 0.3) is 16.4 Å². The topological polar surface area (TPSA) is 119 Å². The second-order valence-corrected chi connectivity index (χ2v) is 7.50. The van der Waals surface area contributed by atoms with Gasteiger partial charge in [-0.1, -0.05) is 29.8 Å². The molecular weight excluding hydrogens is 428 g/mol. The lowest BCUT2D eigenvalue weighted by Gasteiger charge is -1.97. The minimum Gasteiger partial charge on any atom is -0.291 e. The summed E-state index contributed by atoms with van der Waals surface area (Å²) in [5.74, 6) is 0. The molecule has 0 aliphatic heterocycles. The highest BCUT2D eigenvalue weighted by Crippen LogP contribution is 2.27. The number of nitrogens with zero attached hydrogens (tertiary/aromatic N) is 5. The fourth-order valence-corrected chi connectivity index (χ4v) is 3.69. The number of non-ortho nitro benzene ring substituents is 1. The second-order valence-electron chi connectivity index (χ2n) is 6.23. The summed E-state index contributed by atoms with van der Waals surface area (Å²) in [7, 11) is 0. The number of hydrogen-bond acceptors (Lipinski definition) is 7. The zero-order valence-corrected chi connectivity index (χ0v) is 17.0. The number of rotatable bonds is 5.